The van der Waals surface area contributed by atoms with Crippen LogP contribution in [0.15, 0.2) is 72.9 Å². The van der Waals surface area contributed by atoms with Gasteiger partial charge in [0.1, 0.15) is 12.6 Å². The molecule has 0 radical (unpaired) electrons. The highest BCUT2D eigenvalue weighted by Crippen LogP contribution is 2.43. The molecule has 13 nitrogen and oxygen atoms in total. The van der Waals surface area contributed by atoms with Gasteiger partial charge in [-0.2, -0.15) is 0 Å². The number of allylic oxidation sites excluding steroid dienone is 11. The van der Waals surface area contributed by atoms with Crippen molar-refractivity contribution in [1.82, 2.24) is 0 Å². The molecule has 1 unspecified atom stereocenters. The summed E-state index contributed by atoms with van der Waals surface area (Å²) in [5.41, 5.74) is 5.32. The van der Waals surface area contributed by atoms with Gasteiger partial charge < -0.3 is 35.4 Å². The number of aliphatic hydroxyl groups is 2. The first-order chi connectivity index (χ1) is 28.9. The second kappa shape index (κ2) is 39.9. The van der Waals surface area contributed by atoms with E-state index < -0.39 is 69.9 Å². The molecule has 6 N–H and O–H groups in total. The highest BCUT2D eigenvalue weighted by molar-refractivity contribution is 7.47. The Balaban J connectivity index is 4.60. The molecular formula is C46H78NO12P. The van der Waals surface area contributed by atoms with Gasteiger partial charge >= 0.3 is 25.7 Å². The molecule has 0 saturated carbocycles. The molecular weight excluding hydrogens is 789 g/mol. The molecule has 0 aliphatic rings. The second-order valence-corrected chi connectivity index (χ2v) is 16.2. The van der Waals surface area contributed by atoms with Gasteiger partial charge in [0.2, 0.25) is 0 Å². The number of phosphoric ester groups is 1. The number of aliphatic carboxylic acids is 1. The molecule has 0 amide bonds. The molecule has 0 aliphatic carbocycles. The third kappa shape index (κ3) is 37.8. The van der Waals surface area contributed by atoms with Crippen LogP contribution in [0.25, 0.3) is 0 Å². The summed E-state index contributed by atoms with van der Waals surface area (Å²) >= 11 is 0. The standard InChI is InChI=1S/C46H78NO12P/c1-3-5-7-9-11-12-13-14-15-16-17-18-19-20-21-22-23-27-31-35-44(50)56-37-40(38-57-60(54,55)58-39-41(47)46(52)53)59-45(51)36-32-28-24-26-30-34-43(49)42(48)33-29-25-10-8-6-4-2/h11-12,14-15,17-18,20-21,23,25,27,29,40-43,48-49H,3-10,13,16,19,22,24,26,28,30-39,47H2,1-2H3,(H,52,53)(H,54,55)/b12-11-,15-14-,18-17-,21-20-,27-23-,29-25-/t40-,41+,42+,43+/m1/s1. The maximum Gasteiger partial charge on any atom is 0.472 e. The molecule has 0 heterocycles. The lowest BCUT2D eigenvalue weighted by atomic mass is 10.0. The predicted octanol–water partition coefficient (Wildman–Crippen LogP) is 9.67. The normalized spacial score (nSPS) is 15.4. The Hall–Kier alpha value is -3.16. The zero-order valence-corrected chi connectivity index (χ0v) is 37.4. The van der Waals surface area contributed by atoms with Crippen LogP contribution >= 0.6 is 7.82 Å². The molecule has 0 spiro atoms. The molecule has 0 fully saturated rings. The van der Waals surface area contributed by atoms with Crippen LogP contribution in [0.1, 0.15) is 155 Å². The fraction of sp³-hybridized carbons (Fsp3) is 0.674. The zero-order valence-electron chi connectivity index (χ0n) is 36.5. The summed E-state index contributed by atoms with van der Waals surface area (Å²) in [4.78, 5) is 46.0. The first-order valence-corrected chi connectivity index (χ1v) is 23.6. The number of ether oxygens (including phenoxy) is 2. The Labute approximate surface area is 360 Å². The topological polar surface area (TPSA) is 212 Å². The van der Waals surface area contributed by atoms with Gasteiger partial charge in [-0.1, -0.05) is 138 Å². The van der Waals surface area contributed by atoms with Crippen molar-refractivity contribution in [2.45, 2.75) is 179 Å². The number of nitrogens with two attached hydrogens (primary N) is 1. The van der Waals surface area contributed by atoms with Crippen molar-refractivity contribution in [3.63, 3.8) is 0 Å². The van der Waals surface area contributed by atoms with Gasteiger partial charge in [0.25, 0.3) is 0 Å². The summed E-state index contributed by atoms with van der Waals surface area (Å²) in [5, 5.41) is 29.3. The van der Waals surface area contributed by atoms with Crippen molar-refractivity contribution >= 4 is 25.7 Å². The van der Waals surface area contributed by atoms with E-state index in [4.69, 9.17) is 24.8 Å². The Kier molecular flexibility index (Phi) is 37.8. The average Bonchev–Trinajstić information content (AvgIpc) is 3.22. The lowest BCUT2D eigenvalue weighted by molar-refractivity contribution is -0.161. The number of carboxylic acids is 1. The number of carbonyl (C=O) groups is 3. The molecule has 5 atom stereocenters. The van der Waals surface area contributed by atoms with E-state index in [0.29, 0.717) is 38.5 Å². The maximum absolute atomic E-state index is 12.6. The van der Waals surface area contributed by atoms with Gasteiger partial charge in [-0.3, -0.25) is 23.4 Å². The predicted molar refractivity (Wildman–Crippen MR) is 238 cm³/mol. The molecule has 0 aromatic rings. The highest BCUT2D eigenvalue weighted by atomic mass is 31.2. The number of carboxylic acid groups (broad SMARTS) is 1. The summed E-state index contributed by atoms with van der Waals surface area (Å²) in [6.45, 7) is 2.47. The van der Waals surface area contributed by atoms with Crippen molar-refractivity contribution in [3.8, 4) is 0 Å². The number of esters is 2. The van der Waals surface area contributed by atoms with Crippen LogP contribution in [0.3, 0.4) is 0 Å². The van der Waals surface area contributed by atoms with E-state index >= 15 is 0 Å². The van der Waals surface area contributed by atoms with Crippen LogP contribution in [0.5, 0.6) is 0 Å². The summed E-state index contributed by atoms with van der Waals surface area (Å²) in [6, 6.07) is -1.56. The molecule has 0 aliphatic heterocycles. The van der Waals surface area contributed by atoms with Crippen LogP contribution in [-0.2, 0) is 37.5 Å². The van der Waals surface area contributed by atoms with Crippen LogP contribution in [0, 0.1) is 0 Å². The lowest BCUT2D eigenvalue weighted by Gasteiger charge is -2.20. The first-order valence-electron chi connectivity index (χ1n) is 22.1. The van der Waals surface area contributed by atoms with Crippen molar-refractivity contribution in [2.24, 2.45) is 5.73 Å². The Morgan fingerprint density at radius 3 is 1.65 bits per heavy atom. The SMILES string of the molecule is CCCCC/C=C\C/C=C\C/C=C\C/C=C\C/C=C\CCC(=O)OC[C@H](COP(=O)(O)OC[C@H](N)C(=O)O)OC(=O)CCCCCCC[C@H](O)[C@@H](O)C/C=C\CCCCC. The van der Waals surface area contributed by atoms with Gasteiger partial charge in [0.15, 0.2) is 6.10 Å². The van der Waals surface area contributed by atoms with Gasteiger partial charge in [-0.25, -0.2) is 4.57 Å². The minimum absolute atomic E-state index is 0.0430. The van der Waals surface area contributed by atoms with Gasteiger partial charge in [-0.15, -0.1) is 0 Å². The Bertz CT molecular complexity index is 1330. The van der Waals surface area contributed by atoms with E-state index in [-0.39, 0.29) is 12.8 Å². The molecule has 0 aromatic heterocycles. The number of unbranched alkanes of at least 4 members (excludes halogenated alkanes) is 10. The number of hydrogen-bond acceptors (Lipinski definition) is 11. The van der Waals surface area contributed by atoms with E-state index in [0.717, 1.165) is 64.2 Å². The zero-order chi connectivity index (χ0) is 44.5. The van der Waals surface area contributed by atoms with Crippen LogP contribution in [0.4, 0.5) is 0 Å². The maximum atomic E-state index is 12.6. The second-order valence-electron chi connectivity index (χ2n) is 14.8. The van der Waals surface area contributed by atoms with Crippen LogP contribution in [-0.4, -0.2) is 82.3 Å². The molecule has 0 saturated heterocycles. The number of hydrogen-bond donors (Lipinski definition) is 5. The Morgan fingerprint density at radius 1 is 0.583 bits per heavy atom. The highest BCUT2D eigenvalue weighted by Gasteiger charge is 2.28. The number of phosphoric acid groups is 1. The van der Waals surface area contributed by atoms with Crippen molar-refractivity contribution < 1.29 is 57.7 Å². The molecule has 0 bridgehead atoms. The largest absolute Gasteiger partial charge is 0.480 e. The van der Waals surface area contributed by atoms with E-state index in [9.17, 15) is 34.1 Å². The molecule has 60 heavy (non-hydrogen) atoms. The third-order valence-electron chi connectivity index (χ3n) is 9.14. The van der Waals surface area contributed by atoms with Crippen molar-refractivity contribution in [3.05, 3.63) is 72.9 Å². The van der Waals surface area contributed by atoms with E-state index in [1.54, 1.807) is 0 Å². The van der Waals surface area contributed by atoms with Crippen molar-refractivity contribution in [2.75, 3.05) is 19.8 Å². The molecule has 0 aromatic carbocycles. The fourth-order valence-electron chi connectivity index (χ4n) is 5.48. The molecule has 14 heteroatoms. The van der Waals surface area contributed by atoms with Crippen molar-refractivity contribution in [1.29, 1.82) is 0 Å². The van der Waals surface area contributed by atoms with Gasteiger partial charge in [0.05, 0.1) is 25.4 Å². The molecule has 344 valence electrons. The minimum atomic E-state index is -4.78. The number of aliphatic hydroxyl groups excluding tert-OH is 2. The average molecular weight is 868 g/mol. The van der Waals surface area contributed by atoms with E-state index in [2.05, 4.69) is 67.0 Å². The monoisotopic (exact) mass is 868 g/mol. The smallest absolute Gasteiger partial charge is 0.472 e. The molecule has 0 rings (SSSR count). The fourth-order valence-corrected chi connectivity index (χ4v) is 6.26. The lowest BCUT2D eigenvalue weighted by Crippen LogP contribution is -2.34. The summed E-state index contributed by atoms with van der Waals surface area (Å²) in [6.07, 6.45) is 40.0. The first kappa shape index (κ1) is 56.8. The summed E-state index contributed by atoms with van der Waals surface area (Å²) in [7, 11) is -4.78. The summed E-state index contributed by atoms with van der Waals surface area (Å²) in [5.74, 6) is -2.63. The third-order valence-corrected chi connectivity index (χ3v) is 10.1. The van der Waals surface area contributed by atoms with Gasteiger partial charge in [-0.05, 0) is 77.0 Å². The van der Waals surface area contributed by atoms with Crippen LogP contribution < -0.4 is 5.73 Å². The quantitative estimate of drug-likeness (QED) is 0.0168. The summed E-state index contributed by atoms with van der Waals surface area (Å²) < 4.78 is 32.5. The van der Waals surface area contributed by atoms with Crippen LogP contribution in [0.2, 0.25) is 0 Å². The number of rotatable bonds is 40. The minimum Gasteiger partial charge on any atom is -0.480 e. The van der Waals surface area contributed by atoms with Gasteiger partial charge in [0, 0.05) is 12.8 Å². The Morgan fingerprint density at radius 2 is 1.08 bits per heavy atom. The van der Waals surface area contributed by atoms with E-state index in [1.807, 2.05) is 24.3 Å². The van der Waals surface area contributed by atoms with E-state index in [1.165, 1.54) is 25.7 Å². The number of carbonyl (C=O) groups excluding carboxylic acids is 2.